The Bertz CT molecular complexity index is 854. The summed E-state index contributed by atoms with van der Waals surface area (Å²) in [5.41, 5.74) is 2.02. The fraction of sp³-hybridized carbons (Fsp3) is 0.273. The van der Waals surface area contributed by atoms with Gasteiger partial charge in [-0.3, -0.25) is 0 Å². The van der Waals surface area contributed by atoms with E-state index in [1.165, 1.54) is 12.1 Å². The Morgan fingerprint density at radius 1 is 1.12 bits per heavy atom. The Labute approximate surface area is 154 Å². The molecule has 0 N–H and O–H groups in total. The summed E-state index contributed by atoms with van der Waals surface area (Å²) >= 11 is 0. The first-order valence-electron chi connectivity index (χ1n) is 8.96. The van der Waals surface area contributed by atoms with Crippen LogP contribution in [0.1, 0.15) is 12.8 Å². The minimum absolute atomic E-state index is 0.225. The van der Waals surface area contributed by atoms with Crippen molar-refractivity contribution in [1.82, 2.24) is 9.47 Å². The summed E-state index contributed by atoms with van der Waals surface area (Å²) in [5, 5.41) is 1.11. The summed E-state index contributed by atoms with van der Waals surface area (Å²) in [6.07, 6.45) is 6.05. The lowest BCUT2D eigenvalue weighted by atomic mass is 10.2. The van der Waals surface area contributed by atoms with Crippen molar-refractivity contribution in [3.63, 3.8) is 0 Å². The molecule has 4 heteroatoms. The summed E-state index contributed by atoms with van der Waals surface area (Å²) in [4.78, 5) is 2.25. The average molecular weight is 352 g/mol. The minimum atomic E-state index is -0.225. The molecule has 0 aliphatic rings. The number of hydrogen-bond donors (Lipinski definition) is 0. The van der Waals surface area contributed by atoms with Crippen LogP contribution in [-0.4, -0.2) is 36.2 Å². The number of fused-ring (bicyclic) bond motifs is 1. The van der Waals surface area contributed by atoms with E-state index in [1.54, 1.807) is 12.1 Å². The highest BCUT2D eigenvalue weighted by molar-refractivity contribution is 5.83. The standard InChI is InChI=1S/C22H25FN2O/c1-3-13-24(2)14-4-5-16-26-21-10-11-22-18(17-21)12-15-25(22)20-8-6-19(23)7-9-20/h3,6-12,15,17H,1,4-5,13-14,16H2,2H3. The normalized spacial score (nSPS) is 11.2. The zero-order valence-electron chi connectivity index (χ0n) is 15.2. The van der Waals surface area contributed by atoms with E-state index in [-0.39, 0.29) is 5.82 Å². The molecule has 0 aliphatic carbocycles. The quantitative estimate of drug-likeness (QED) is 0.396. The van der Waals surface area contributed by atoms with Gasteiger partial charge >= 0.3 is 0 Å². The van der Waals surface area contributed by atoms with Crippen molar-refractivity contribution in [3.05, 3.63) is 73.2 Å². The number of ether oxygens (including phenoxy) is 1. The van der Waals surface area contributed by atoms with Gasteiger partial charge in [-0.25, -0.2) is 4.39 Å². The minimum Gasteiger partial charge on any atom is -0.494 e. The second-order valence-corrected chi connectivity index (χ2v) is 6.49. The van der Waals surface area contributed by atoms with Crippen LogP contribution in [0.2, 0.25) is 0 Å². The molecular formula is C22H25FN2O. The summed E-state index contributed by atoms with van der Waals surface area (Å²) in [6.45, 7) is 6.43. The molecule has 3 rings (SSSR count). The molecule has 0 fully saturated rings. The Balaban J connectivity index is 1.58. The molecule has 3 aromatic rings. The number of unbranched alkanes of at least 4 members (excludes halogenated alkanes) is 1. The van der Waals surface area contributed by atoms with Crippen molar-refractivity contribution in [1.29, 1.82) is 0 Å². The van der Waals surface area contributed by atoms with Gasteiger partial charge in [0.25, 0.3) is 0 Å². The van der Waals surface area contributed by atoms with Gasteiger partial charge in [-0.15, -0.1) is 6.58 Å². The largest absolute Gasteiger partial charge is 0.494 e. The zero-order valence-corrected chi connectivity index (χ0v) is 15.2. The smallest absolute Gasteiger partial charge is 0.123 e. The predicted molar refractivity (Wildman–Crippen MR) is 106 cm³/mol. The third-order valence-corrected chi connectivity index (χ3v) is 4.41. The fourth-order valence-electron chi connectivity index (χ4n) is 3.02. The maximum atomic E-state index is 13.1. The number of likely N-dealkylation sites (N-methyl/N-ethyl adjacent to an activating group) is 1. The van der Waals surface area contributed by atoms with Crippen molar-refractivity contribution in [2.75, 3.05) is 26.7 Å². The molecule has 0 saturated carbocycles. The van der Waals surface area contributed by atoms with E-state index in [1.807, 2.05) is 29.0 Å². The predicted octanol–water partition coefficient (Wildman–Crippen LogP) is 5.05. The maximum Gasteiger partial charge on any atom is 0.123 e. The Hall–Kier alpha value is -2.59. The van der Waals surface area contributed by atoms with Gasteiger partial charge in [-0.2, -0.15) is 0 Å². The molecule has 3 nitrogen and oxygen atoms in total. The molecule has 0 radical (unpaired) electrons. The molecule has 1 aromatic heterocycles. The van der Waals surface area contributed by atoms with Gasteiger partial charge < -0.3 is 14.2 Å². The van der Waals surface area contributed by atoms with Gasteiger partial charge in [-0.1, -0.05) is 6.08 Å². The molecule has 0 spiro atoms. The lowest BCUT2D eigenvalue weighted by Gasteiger charge is -2.14. The van der Waals surface area contributed by atoms with Crippen LogP contribution in [-0.2, 0) is 0 Å². The number of aromatic nitrogens is 1. The molecule has 0 amide bonds. The summed E-state index contributed by atoms with van der Waals surface area (Å²) < 4.78 is 21.1. The van der Waals surface area contributed by atoms with Crippen LogP contribution in [0, 0.1) is 5.82 Å². The van der Waals surface area contributed by atoms with E-state index < -0.39 is 0 Å². The first-order valence-corrected chi connectivity index (χ1v) is 8.96. The molecule has 1 heterocycles. The SMILES string of the molecule is C=CCN(C)CCCCOc1ccc2c(ccn2-c2ccc(F)cc2)c1. The first-order chi connectivity index (χ1) is 12.7. The molecule has 0 saturated heterocycles. The van der Waals surface area contributed by atoms with Crippen LogP contribution >= 0.6 is 0 Å². The van der Waals surface area contributed by atoms with Crippen LogP contribution in [0.25, 0.3) is 16.6 Å². The van der Waals surface area contributed by atoms with Crippen molar-refractivity contribution in [2.45, 2.75) is 12.8 Å². The highest BCUT2D eigenvalue weighted by Gasteiger charge is 2.05. The lowest BCUT2D eigenvalue weighted by molar-refractivity contribution is 0.288. The molecule has 26 heavy (non-hydrogen) atoms. The van der Waals surface area contributed by atoms with Crippen LogP contribution < -0.4 is 4.74 Å². The third-order valence-electron chi connectivity index (χ3n) is 4.41. The third kappa shape index (κ3) is 4.52. The van der Waals surface area contributed by atoms with E-state index in [4.69, 9.17) is 4.74 Å². The molecule has 0 aliphatic heterocycles. The molecule has 0 unspecified atom stereocenters. The highest BCUT2D eigenvalue weighted by Crippen LogP contribution is 2.25. The number of rotatable bonds is 9. The van der Waals surface area contributed by atoms with Gasteiger partial charge in [0, 0.05) is 23.8 Å². The van der Waals surface area contributed by atoms with Crippen LogP contribution in [0.3, 0.4) is 0 Å². The topological polar surface area (TPSA) is 17.4 Å². The molecule has 2 aromatic carbocycles. The van der Waals surface area contributed by atoms with E-state index in [9.17, 15) is 4.39 Å². The van der Waals surface area contributed by atoms with Crippen molar-refractivity contribution >= 4 is 10.9 Å². The van der Waals surface area contributed by atoms with Crippen LogP contribution in [0.4, 0.5) is 4.39 Å². The van der Waals surface area contributed by atoms with E-state index in [2.05, 4.69) is 30.7 Å². The van der Waals surface area contributed by atoms with E-state index in [0.717, 1.165) is 48.3 Å². The van der Waals surface area contributed by atoms with Gasteiger partial charge in [0.15, 0.2) is 0 Å². The van der Waals surface area contributed by atoms with Gasteiger partial charge in [0.2, 0.25) is 0 Å². The maximum absolute atomic E-state index is 13.1. The Kier molecular flexibility index (Phi) is 6.08. The fourth-order valence-corrected chi connectivity index (χ4v) is 3.02. The average Bonchev–Trinajstić information content (AvgIpc) is 3.05. The summed E-state index contributed by atoms with van der Waals surface area (Å²) in [6, 6.07) is 14.7. The molecule has 136 valence electrons. The van der Waals surface area contributed by atoms with Crippen LogP contribution in [0.5, 0.6) is 5.75 Å². The van der Waals surface area contributed by atoms with Crippen molar-refractivity contribution < 1.29 is 9.13 Å². The van der Waals surface area contributed by atoms with Crippen molar-refractivity contribution in [3.8, 4) is 11.4 Å². The van der Waals surface area contributed by atoms with Gasteiger partial charge in [0.05, 0.1) is 12.1 Å². The molecule has 0 atom stereocenters. The number of hydrogen-bond acceptors (Lipinski definition) is 2. The highest BCUT2D eigenvalue weighted by atomic mass is 19.1. The molecular weight excluding hydrogens is 327 g/mol. The summed E-state index contributed by atoms with van der Waals surface area (Å²) in [5.74, 6) is 0.658. The first kappa shape index (κ1) is 18.2. The van der Waals surface area contributed by atoms with Gasteiger partial charge in [0.1, 0.15) is 11.6 Å². The number of halogens is 1. The monoisotopic (exact) mass is 352 g/mol. The second-order valence-electron chi connectivity index (χ2n) is 6.49. The summed E-state index contributed by atoms with van der Waals surface area (Å²) in [7, 11) is 2.10. The Morgan fingerprint density at radius 3 is 2.69 bits per heavy atom. The van der Waals surface area contributed by atoms with Crippen LogP contribution in [0.15, 0.2) is 67.4 Å². The van der Waals surface area contributed by atoms with E-state index in [0.29, 0.717) is 6.61 Å². The van der Waals surface area contributed by atoms with E-state index >= 15 is 0 Å². The molecule has 0 bridgehead atoms. The second kappa shape index (κ2) is 8.68. The van der Waals surface area contributed by atoms with Gasteiger partial charge in [-0.05, 0) is 75.0 Å². The zero-order chi connectivity index (χ0) is 18.4. The number of benzene rings is 2. The number of nitrogens with zero attached hydrogens (tertiary/aromatic N) is 2. The Morgan fingerprint density at radius 2 is 1.92 bits per heavy atom. The van der Waals surface area contributed by atoms with Crippen molar-refractivity contribution in [2.24, 2.45) is 0 Å². The lowest BCUT2D eigenvalue weighted by Crippen LogP contribution is -2.19.